The second-order valence-electron chi connectivity index (χ2n) is 6.32. The highest BCUT2D eigenvalue weighted by Gasteiger charge is 2.10. The van der Waals surface area contributed by atoms with Gasteiger partial charge in [-0.1, -0.05) is 25.1 Å². The first-order chi connectivity index (χ1) is 12.9. The molecule has 2 rings (SSSR count). The van der Waals surface area contributed by atoms with Crippen molar-refractivity contribution in [1.82, 2.24) is 15.4 Å². The van der Waals surface area contributed by atoms with Crippen LogP contribution in [-0.4, -0.2) is 34.5 Å². The Bertz CT molecular complexity index is 822. The fraction of sp³-hybridized carbons (Fsp3) is 0.421. The minimum absolute atomic E-state index is 0. The summed E-state index contributed by atoms with van der Waals surface area (Å²) >= 11 is 1.79. The molecule has 1 heterocycles. The quantitative estimate of drug-likeness (QED) is 0.261. The van der Waals surface area contributed by atoms with E-state index in [-0.39, 0.29) is 28.9 Å². The van der Waals surface area contributed by atoms with E-state index in [0.29, 0.717) is 12.5 Å². The molecule has 0 aliphatic rings. The Morgan fingerprint density at radius 2 is 1.89 bits per heavy atom. The molecule has 0 fully saturated rings. The Hall–Kier alpha value is -1.17. The summed E-state index contributed by atoms with van der Waals surface area (Å²) in [4.78, 5) is 6.24. The third-order valence-corrected chi connectivity index (χ3v) is 6.34. The van der Waals surface area contributed by atoms with Crippen LogP contribution < -0.4 is 15.4 Å². The standard InChI is InChI=1S/C19H28N4O2S2.HI/c1-4-21-19(22-13-15(2)12-17-6-5-11-26-17)23-14-16-7-9-18(10-8-16)27(24,25)20-3;/h5-11,15,20H,4,12-14H2,1-3H3,(H2,21,22,23);1H. The summed E-state index contributed by atoms with van der Waals surface area (Å²) in [5, 5.41) is 8.74. The maximum atomic E-state index is 11.8. The molecule has 1 aromatic heterocycles. The van der Waals surface area contributed by atoms with Gasteiger partial charge in [0.1, 0.15) is 0 Å². The van der Waals surface area contributed by atoms with E-state index in [4.69, 9.17) is 0 Å². The topological polar surface area (TPSA) is 82.6 Å². The average Bonchev–Trinajstić information content (AvgIpc) is 3.17. The van der Waals surface area contributed by atoms with Gasteiger partial charge in [0.15, 0.2) is 5.96 Å². The summed E-state index contributed by atoms with van der Waals surface area (Å²) in [7, 11) is -2.00. The van der Waals surface area contributed by atoms with Crippen molar-refractivity contribution >= 4 is 51.3 Å². The van der Waals surface area contributed by atoms with Crippen molar-refractivity contribution in [3.8, 4) is 0 Å². The number of guanidine groups is 1. The Morgan fingerprint density at radius 1 is 1.18 bits per heavy atom. The maximum Gasteiger partial charge on any atom is 0.240 e. The van der Waals surface area contributed by atoms with Crippen molar-refractivity contribution in [1.29, 1.82) is 0 Å². The van der Waals surface area contributed by atoms with E-state index in [0.717, 1.165) is 31.0 Å². The lowest BCUT2D eigenvalue weighted by molar-refractivity contribution is 0.562. The minimum Gasteiger partial charge on any atom is -0.357 e. The summed E-state index contributed by atoms with van der Waals surface area (Å²) < 4.78 is 25.8. The van der Waals surface area contributed by atoms with Gasteiger partial charge in [-0.05, 0) is 55.5 Å². The van der Waals surface area contributed by atoms with Crippen molar-refractivity contribution in [3.05, 3.63) is 52.2 Å². The summed E-state index contributed by atoms with van der Waals surface area (Å²) in [5.74, 6) is 1.26. The second kappa shape index (κ2) is 12.4. The molecule has 2 aromatic rings. The van der Waals surface area contributed by atoms with Gasteiger partial charge < -0.3 is 10.6 Å². The number of halogens is 1. The van der Waals surface area contributed by atoms with Gasteiger partial charge in [0, 0.05) is 18.0 Å². The second-order valence-corrected chi connectivity index (χ2v) is 9.24. The number of nitrogens with one attached hydrogen (secondary N) is 3. The van der Waals surface area contributed by atoms with Crippen LogP contribution in [0.3, 0.4) is 0 Å². The van der Waals surface area contributed by atoms with Crippen molar-refractivity contribution < 1.29 is 8.42 Å². The predicted octanol–water partition coefficient (Wildman–Crippen LogP) is 3.21. The highest BCUT2D eigenvalue weighted by Crippen LogP contribution is 2.14. The van der Waals surface area contributed by atoms with Crippen LogP contribution in [0.5, 0.6) is 0 Å². The molecule has 1 unspecified atom stereocenters. The Morgan fingerprint density at radius 3 is 2.46 bits per heavy atom. The molecule has 3 N–H and O–H groups in total. The fourth-order valence-electron chi connectivity index (χ4n) is 2.52. The van der Waals surface area contributed by atoms with Crippen molar-refractivity contribution in [2.45, 2.75) is 31.7 Å². The molecular formula is C19H29IN4O2S2. The average molecular weight is 537 g/mol. The van der Waals surface area contributed by atoms with E-state index < -0.39 is 10.0 Å². The number of hydrogen-bond donors (Lipinski definition) is 3. The molecule has 0 aliphatic carbocycles. The number of aliphatic imine (C=N–C) groups is 1. The third-order valence-electron chi connectivity index (χ3n) is 4.01. The van der Waals surface area contributed by atoms with Crippen molar-refractivity contribution in [2.24, 2.45) is 10.9 Å². The smallest absolute Gasteiger partial charge is 0.240 e. The molecule has 1 aromatic carbocycles. The van der Waals surface area contributed by atoms with Crippen LogP contribution in [0.25, 0.3) is 0 Å². The highest BCUT2D eigenvalue weighted by atomic mass is 127. The van der Waals surface area contributed by atoms with Crippen LogP contribution in [-0.2, 0) is 23.0 Å². The lowest BCUT2D eigenvalue weighted by atomic mass is 10.1. The highest BCUT2D eigenvalue weighted by molar-refractivity contribution is 14.0. The zero-order valence-electron chi connectivity index (χ0n) is 16.4. The molecular weight excluding hydrogens is 507 g/mol. The van der Waals surface area contributed by atoms with E-state index in [1.807, 2.05) is 6.92 Å². The van der Waals surface area contributed by atoms with Crippen molar-refractivity contribution in [2.75, 3.05) is 20.1 Å². The minimum atomic E-state index is -3.40. The SMILES string of the molecule is CCNC(=NCc1ccc(S(=O)(=O)NC)cc1)NCC(C)Cc1cccs1.I. The Kier molecular flexibility index (Phi) is 11.0. The van der Waals surface area contributed by atoms with Crippen LogP contribution in [0.4, 0.5) is 0 Å². The monoisotopic (exact) mass is 536 g/mol. The largest absolute Gasteiger partial charge is 0.357 e. The van der Waals surface area contributed by atoms with E-state index >= 15 is 0 Å². The first-order valence-corrected chi connectivity index (χ1v) is 11.4. The van der Waals surface area contributed by atoms with Gasteiger partial charge in [-0.25, -0.2) is 18.1 Å². The van der Waals surface area contributed by atoms with Gasteiger partial charge in [0.25, 0.3) is 0 Å². The van der Waals surface area contributed by atoms with E-state index in [2.05, 4.69) is 44.8 Å². The van der Waals surface area contributed by atoms with Crippen LogP contribution in [0.15, 0.2) is 51.7 Å². The predicted molar refractivity (Wildman–Crippen MR) is 128 cm³/mol. The molecule has 0 saturated heterocycles. The number of thiophene rings is 1. The number of hydrogen-bond acceptors (Lipinski definition) is 4. The lowest BCUT2D eigenvalue weighted by Crippen LogP contribution is -2.39. The van der Waals surface area contributed by atoms with E-state index in [1.165, 1.54) is 11.9 Å². The summed E-state index contributed by atoms with van der Waals surface area (Å²) in [6.45, 7) is 6.35. The van der Waals surface area contributed by atoms with Gasteiger partial charge in [0.05, 0.1) is 11.4 Å². The third kappa shape index (κ3) is 8.06. The molecule has 0 bridgehead atoms. The zero-order chi connectivity index (χ0) is 19.7. The molecule has 1 atom stereocenters. The van der Waals surface area contributed by atoms with Gasteiger partial charge in [-0.15, -0.1) is 35.3 Å². The van der Waals surface area contributed by atoms with Crippen LogP contribution in [0, 0.1) is 5.92 Å². The molecule has 0 spiro atoms. The van der Waals surface area contributed by atoms with E-state index in [1.54, 1.807) is 35.6 Å². The molecule has 6 nitrogen and oxygen atoms in total. The Balaban J connectivity index is 0.00000392. The normalized spacial score (nSPS) is 12.9. The molecule has 156 valence electrons. The van der Waals surface area contributed by atoms with Gasteiger partial charge in [0.2, 0.25) is 10.0 Å². The molecule has 0 saturated carbocycles. The first kappa shape index (κ1) is 24.9. The number of sulfonamides is 1. The summed E-state index contributed by atoms with van der Waals surface area (Å²) in [6, 6.07) is 11.0. The number of rotatable bonds is 9. The molecule has 0 radical (unpaired) electrons. The van der Waals surface area contributed by atoms with Gasteiger partial charge in [-0.3, -0.25) is 0 Å². The number of benzene rings is 1. The molecule has 0 amide bonds. The van der Waals surface area contributed by atoms with Crippen LogP contribution >= 0.6 is 35.3 Å². The molecule has 0 aliphatic heterocycles. The number of nitrogens with zero attached hydrogens (tertiary/aromatic N) is 1. The lowest BCUT2D eigenvalue weighted by Gasteiger charge is -2.15. The fourth-order valence-corrected chi connectivity index (χ4v) is 4.12. The summed E-state index contributed by atoms with van der Waals surface area (Å²) in [5.41, 5.74) is 0.953. The first-order valence-electron chi connectivity index (χ1n) is 9.01. The Labute approximate surface area is 189 Å². The summed E-state index contributed by atoms with van der Waals surface area (Å²) in [6.07, 6.45) is 1.05. The van der Waals surface area contributed by atoms with Crippen molar-refractivity contribution in [3.63, 3.8) is 0 Å². The molecule has 28 heavy (non-hydrogen) atoms. The van der Waals surface area contributed by atoms with Gasteiger partial charge >= 0.3 is 0 Å². The molecule has 9 heteroatoms. The van der Waals surface area contributed by atoms with E-state index in [9.17, 15) is 8.42 Å². The maximum absolute atomic E-state index is 11.8. The van der Waals surface area contributed by atoms with Crippen LogP contribution in [0.1, 0.15) is 24.3 Å². The van der Waals surface area contributed by atoms with Crippen LogP contribution in [0.2, 0.25) is 0 Å². The van der Waals surface area contributed by atoms with Gasteiger partial charge in [-0.2, -0.15) is 0 Å². The zero-order valence-corrected chi connectivity index (χ0v) is 20.4.